The molecule has 106 valence electrons. The van der Waals surface area contributed by atoms with Crippen molar-refractivity contribution in [3.05, 3.63) is 15.3 Å². The number of nitrogen functional groups attached to an aromatic ring is 1. The molecule has 5 nitrogen and oxygen atoms in total. The van der Waals surface area contributed by atoms with Crippen LogP contribution in [0.5, 0.6) is 0 Å². The molecule has 19 heavy (non-hydrogen) atoms. The van der Waals surface area contributed by atoms with Crippen LogP contribution in [-0.2, 0) is 9.47 Å². The van der Waals surface area contributed by atoms with Gasteiger partial charge >= 0.3 is 11.9 Å². The van der Waals surface area contributed by atoms with E-state index in [9.17, 15) is 9.59 Å². The van der Waals surface area contributed by atoms with Gasteiger partial charge in [-0.15, -0.1) is 11.3 Å². The molecule has 2 N–H and O–H groups in total. The van der Waals surface area contributed by atoms with Crippen molar-refractivity contribution < 1.29 is 19.1 Å². The second-order valence-corrected chi connectivity index (χ2v) is 6.22. The van der Waals surface area contributed by atoms with E-state index >= 15 is 0 Å². The lowest BCUT2D eigenvalue weighted by molar-refractivity contribution is 0.00763. The molecule has 0 saturated carbocycles. The summed E-state index contributed by atoms with van der Waals surface area (Å²) in [6.07, 6.45) is 0. The molecule has 0 amide bonds. The van der Waals surface area contributed by atoms with Crippen molar-refractivity contribution >= 4 is 29.0 Å². The first-order valence-electron chi connectivity index (χ1n) is 5.96. The van der Waals surface area contributed by atoms with Gasteiger partial charge in [0.15, 0.2) is 0 Å². The molecule has 0 atom stereocenters. The fourth-order valence-corrected chi connectivity index (χ4v) is 2.43. The van der Waals surface area contributed by atoms with E-state index < -0.39 is 17.5 Å². The fourth-order valence-electron chi connectivity index (χ4n) is 1.50. The molecule has 0 bridgehead atoms. The van der Waals surface area contributed by atoms with Gasteiger partial charge in [-0.1, -0.05) is 0 Å². The Bertz CT molecular complexity index is 499. The van der Waals surface area contributed by atoms with Gasteiger partial charge in [-0.25, -0.2) is 9.59 Å². The van der Waals surface area contributed by atoms with Crippen LogP contribution in [0.2, 0.25) is 0 Å². The molecule has 0 fully saturated rings. The average Bonchev–Trinajstić information content (AvgIpc) is 2.52. The molecular formula is C13H19NO4S. The van der Waals surface area contributed by atoms with Crippen LogP contribution in [0.25, 0.3) is 0 Å². The highest BCUT2D eigenvalue weighted by atomic mass is 32.1. The predicted molar refractivity (Wildman–Crippen MR) is 74.6 cm³/mol. The van der Waals surface area contributed by atoms with E-state index in [-0.39, 0.29) is 22.7 Å². The first-order chi connectivity index (χ1) is 8.67. The molecule has 0 aliphatic rings. The topological polar surface area (TPSA) is 78.6 Å². The van der Waals surface area contributed by atoms with Gasteiger partial charge in [0.05, 0.1) is 17.9 Å². The first kappa shape index (κ1) is 15.5. The van der Waals surface area contributed by atoms with E-state index in [4.69, 9.17) is 15.2 Å². The summed E-state index contributed by atoms with van der Waals surface area (Å²) in [6, 6.07) is 0. The van der Waals surface area contributed by atoms with Crippen molar-refractivity contribution in [1.29, 1.82) is 0 Å². The van der Waals surface area contributed by atoms with Crippen LogP contribution in [0.4, 0.5) is 5.69 Å². The number of carbonyl (C=O) groups excluding carboxylic acids is 2. The maximum absolute atomic E-state index is 12.0. The van der Waals surface area contributed by atoms with Gasteiger partial charge in [-0.3, -0.25) is 0 Å². The molecule has 1 rings (SSSR count). The van der Waals surface area contributed by atoms with Crippen LogP contribution < -0.4 is 5.73 Å². The molecule has 1 aromatic heterocycles. The number of nitrogens with two attached hydrogens (primary N) is 1. The zero-order valence-corrected chi connectivity index (χ0v) is 12.6. The Hall–Kier alpha value is -1.56. The maximum atomic E-state index is 12.0. The van der Waals surface area contributed by atoms with Gasteiger partial charge in [-0.05, 0) is 34.6 Å². The number of aryl methyl sites for hydroxylation is 1. The van der Waals surface area contributed by atoms with Gasteiger partial charge in [0.25, 0.3) is 0 Å². The van der Waals surface area contributed by atoms with Gasteiger partial charge in [-0.2, -0.15) is 0 Å². The molecule has 0 spiro atoms. The van der Waals surface area contributed by atoms with Crippen molar-refractivity contribution in [3.8, 4) is 0 Å². The van der Waals surface area contributed by atoms with Gasteiger partial charge in [0, 0.05) is 4.88 Å². The van der Waals surface area contributed by atoms with E-state index in [2.05, 4.69) is 0 Å². The normalized spacial score (nSPS) is 11.2. The smallest absolute Gasteiger partial charge is 0.351 e. The Morgan fingerprint density at radius 3 is 2.32 bits per heavy atom. The summed E-state index contributed by atoms with van der Waals surface area (Å²) in [4.78, 5) is 24.6. The van der Waals surface area contributed by atoms with Crippen LogP contribution >= 0.6 is 11.3 Å². The third-order valence-electron chi connectivity index (χ3n) is 2.19. The van der Waals surface area contributed by atoms with Gasteiger partial charge < -0.3 is 15.2 Å². The Morgan fingerprint density at radius 1 is 1.26 bits per heavy atom. The van der Waals surface area contributed by atoms with E-state index in [1.165, 1.54) is 0 Å². The van der Waals surface area contributed by atoms with E-state index in [0.29, 0.717) is 4.88 Å². The molecule has 6 heteroatoms. The molecule has 1 heterocycles. The highest BCUT2D eigenvalue weighted by Gasteiger charge is 2.27. The Balaban J connectivity index is 3.09. The number of hydrogen-bond donors (Lipinski definition) is 1. The number of ether oxygens (including phenoxy) is 2. The van der Waals surface area contributed by atoms with Crippen molar-refractivity contribution in [3.63, 3.8) is 0 Å². The van der Waals surface area contributed by atoms with Crippen molar-refractivity contribution in [2.75, 3.05) is 12.3 Å². The maximum Gasteiger partial charge on any atom is 0.351 e. The molecule has 0 radical (unpaired) electrons. The minimum Gasteiger partial charge on any atom is -0.462 e. The Kier molecular flexibility index (Phi) is 4.57. The van der Waals surface area contributed by atoms with Crippen LogP contribution in [0.1, 0.15) is 52.6 Å². The number of rotatable bonds is 3. The fraction of sp³-hybridized carbons (Fsp3) is 0.538. The quantitative estimate of drug-likeness (QED) is 0.864. The number of hydrogen-bond acceptors (Lipinski definition) is 6. The third-order valence-corrected chi connectivity index (χ3v) is 3.29. The standard InChI is InChI=1S/C13H19NO4S/c1-6-17-11(15)8-7(2)19-10(9(8)14)12(16)18-13(3,4)5/h6,14H2,1-5H3. The third kappa shape index (κ3) is 3.70. The Labute approximate surface area is 116 Å². The van der Waals surface area contributed by atoms with Crippen molar-refractivity contribution in [2.45, 2.75) is 40.2 Å². The average molecular weight is 285 g/mol. The van der Waals surface area contributed by atoms with E-state index in [1.54, 1.807) is 34.6 Å². The number of anilines is 1. The molecular weight excluding hydrogens is 266 g/mol. The summed E-state index contributed by atoms with van der Waals surface area (Å²) in [5.74, 6) is -1.03. The number of esters is 2. The highest BCUT2D eigenvalue weighted by Crippen LogP contribution is 2.32. The SMILES string of the molecule is CCOC(=O)c1c(C)sc(C(=O)OC(C)(C)C)c1N. The number of carbonyl (C=O) groups is 2. The summed E-state index contributed by atoms with van der Waals surface area (Å²) in [6.45, 7) is 9.01. The molecule has 0 unspecified atom stereocenters. The highest BCUT2D eigenvalue weighted by molar-refractivity contribution is 7.15. The lowest BCUT2D eigenvalue weighted by Gasteiger charge is -2.19. The zero-order chi connectivity index (χ0) is 14.8. The molecule has 0 aliphatic heterocycles. The molecule has 0 aromatic carbocycles. The number of thiophene rings is 1. The lowest BCUT2D eigenvalue weighted by atomic mass is 10.2. The zero-order valence-electron chi connectivity index (χ0n) is 11.8. The van der Waals surface area contributed by atoms with Crippen molar-refractivity contribution in [2.24, 2.45) is 0 Å². The van der Waals surface area contributed by atoms with Crippen LogP contribution in [0, 0.1) is 6.92 Å². The summed E-state index contributed by atoms with van der Waals surface area (Å²) < 4.78 is 10.2. The first-order valence-corrected chi connectivity index (χ1v) is 6.78. The molecule has 0 aliphatic carbocycles. The second kappa shape index (κ2) is 5.61. The van der Waals surface area contributed by atoms with Crippen LogP contribution in [-0.4, -0.2) is 24.1 Å². The largest absolute Gasteiger partial charge is 0.462 e. The summed E-state index contributed by atoms with van der Waals surface area (Å²) in [7, 11) is 0. The van der Waals surface area contributed by atoms with Crippen LogP contribution in [0.3, 0.4) is 0 Å². The lowest BCUT2D eigenvalue weighted by Crippen LogP contribution is -2.24. The predicted octanol–water partition coefficient (Wildman–Crippen LogP) is 2.77. The minimum absolute atomic E-state index is 0.134. The summed E-state index contributed by atoms with van der Waals surface area (Å²) >= 11 is 1.14. The second-order valence-electron chi connectivity index (χ2n) is 5.00. The van der Waals surface area contributed by atoms with Gasteiger partial charge in [0.1, 0.15) is 10.5 Å². The Morgan fingerprint density at radius 2 is 1.84 bits per heavy atom. The van der Waals surface area contributed by atoms with E-state index in [0.717, 1.165) is 11.3 Å². The molecule has 1 aromatic rings. The van der Waals surface area contributed by atoms with Crippen molar-refractivity contribution in [1.82, 2.24) is 0 Å². The molecule has 0 saturated heterocycles. The van der Waals surface area contributed by atoms with E-state index in [1.807, 2.05) is 0 Å². The minimum atomic E-state index is -0.606. The summed E-state index contributed by atoms with van der Waals surface area (Å²) in [5.41, 5.74) is 5.65. The van der Waals surface area contributed by atoms with Gasteiger partial charge in [0.2, 0.25) is 0 Å². The summed E-state index contributed by atoms with van der Waals surface area (Å²) in [5, 5.41) is 0. The van der Waals surface area contributed by atoms with Crippen LogP contribution in [0.15, 0.2) is 0 Å². The monoisotopic (exact) mass is 285 g/mol.